The largest absolute Gasteiger partial charge is 0.369 e. The van der Waals surface area contributed by atoms with Crippen LogP contribution in [0.4, 0.5) is 0 Å². The van der Waals surface area contributed by atoms with E-state index in [1.807, 2.05) is 55.5 Å². The molecular formula is C21H29N5S. The molecule has 1 aliphatic rings. The lowest BCUT2D eigenvalue weighted by molar-refractivity contribution is 0.198. The van der Waals surface area contributed by atoms with Gasteiger partial charge in [-0.25, -0.2) is 10.4 Å². The van der Waals surface area contributed by atoms with Crippen LogP contribution in [0.3, 0.4) is 0 Å². The first kappa shape index (κ1) is 21.0. The zero-order valence-electron chi connectivity index (χ0n) is 16.0. The van der Waals surface area contributed by atoms with Crippen molar-refractivity contribution in [2.75, 3.05) is 20.8 Å². The lowest BCUT2D eigenvalue weighted by atomic mass is 10.0. The molecule has 0 bridgehead atoms. The number of nitrogens with one attached hydrogen (secondary N) is 2. The third-order valence-electron chi connectivity index (χ3n) is 4.36. The number of hydrazine groups is 1. The highest BCUT2D eigenvalue weighted by atomic mass is 32.1. The molecule has 2 atom stereocenters. The number of hydrogen-bond donors (Lipinski definition) is 3. The van der Waals surface area contributed by atoms with E-state index in [2.05, 4.69) is 64.8 Å². The second-order valence-electron chi connectivity index (χ2n) is 6.46. The fourth-order valence-electron chi connectivity index (χ4n) is 2.77. The highest BCUT2D eigenvalue weighted by Gasteiger charge is 2.18. The molecule has 27 heavy (non-hydrogen) atoms. The van der Waals surface area contributed by atoms with Crippen molar-refractivity contribution in [2.45, 2.75) is 18.6 Å². The van der Waals surface area contributed by atoms with Gasteiger partial charge in [0.2, 0.25) is 0 Å². The van der Waals surface area contributed by atoms with E-state index in [0.29, 0.717) is 6.67 Å². The highest BCUT2D eigenvalue weighted by Crippen LogP contribution is 2.14. The van der Waals surface area contributed by atoms with Crippen molar-refractivity contribution in [1.29, 1.82) is 0 Å². The number of aliphatic imine (C=N–C) groups is 1. The number of likely N-dealkylation sites (N-methyl/N-ethyl adjacent to an activating group) is 1. The first-order valence-electron chi connectivity index (χ1n) is 8.86. The van der Waals surface area contributed by atoms with E-state index in [9.17, 15) is 0 Å². The van der Waals surface area contributed by atoms with Gasteiger partial charge in [-0.2, -0.15) is 0 Å². The molecule has 2 N–H and O–H groups in total. The molecule has 2 rings (SSSR count). The summed E-state index contributed by atoms with van der Waals surface area (Å²) in [4.78, 5) is 6.24. The zero-order valence-corrected chi connectivity index (χ0v) is 16.9. The summed E-state index contributed by atoms with van der Waals surface area (Å²) in [6.07, 6.45) is 8.12. The van der Waals surface area contributed by atoms with Gasteiger partial charge in [-0.3, -0.25) is 4.99 Å². The van der Waals surface area contributed by atoms with Crippen molar-refractivity contribution in [3.8, 4) is 0 Å². The molecular weight excluding hydrogens is 354 g/mol. The van der Waals surface area contributed by atoms with Crippen LogP contribution in [0.2, 0.25) is 0 Å². The predicted molar refractivity (Wildman–Crippen MR) is 118 cm³/mol. The maximum atomic E-state index is 4.34. The van der Waals surface area contributed by atoms with Crippen LogP contribution in [0.5, 0.6) is 0 Å². The standard InChI is InChI=1S/C21H29N5S/c1-17(25(3)14-18-10-6-5-7-11-18)21(15-27)23-16-26(4)24-20-13-9-8-12-19(20)22-2/h5-13,15,19-20,23-24,27H,1-2,14,16H2,3-4H3/b21-15-. The fourth-order valence-corrected chi connectivity index (χ4v) is 3.01. The third kappa shape index (κ3) is 6.43. The molecule has 0 aliphatic heterocycles. The third-order valence-corrected chi connectivity index (χ3v) is 4.61. The van der Waals surface area contributed by atoms with Gasteiger partial charge in [0.05, 0.1) is 30.1 Å². The minimum atomic E-state index is 0.0318. The van der Waals surface area contributed by atoms with Crippen LogP contribution in [0.15, 0.2) is 83.0 Å². The molecule has 0 spiro atoms. The van der Waals surface area contributed by atoms with Crippen LogP contribution in [0.1, 0.15) is 5.56 Å². The molecule has 2 unspecified atom stereocenters. The molecule has 0 amide bonds. The molecule has 1 aromatic carbocycles. The van der Waals surface area contributed by atoms with Crippen LogP contribution in [-0.2, 0) is 6.54 Å². The summed E-state index contributed by atoms with van der Waals surface area (Å²) < 4.78 is 0. The molecule has 1 aliphatic carbocycles. The van der Waals surface area contributed by atoms with Gasteiger partial charge >= 0.3 is 0 Å². The first-order chi connectivity index (χ1) is 13.0. The van der Waals surface area contributed by atoms with Crippen molar-refractivity contribution in [2.24, 2.45) is 4.99 Å². The lowest BCUT2D eigenvalue weighted by Crippen LogP contribution is -2.49. The molecule has 5 nitrogen and oxygen atoms in total. The Hall–Kier alpha value is -2.28. The zero-order chi connectivity index (χ0) is 19.6. The van der Waals surface area contributed by atoms with Crippen molar-refractivity contribution in [3.05, 3.63) is 83.6 Å². The summed E-state index contributed by atoms with van der Waals surface area (Å²) in [5, 5.41) is 7.10. The Kier molecular flexibility index (Phi) is 8.39. The van der Waals surface area contributed by atoms with Gasteiger partial charge in [-0.15, -0.1) is 12.6 Å². The quantitative estimate of drug-likeness (QED) is 0.191. The highest BCUT2D eigenvalue weighted by molar-refractivity contribution is 7.83. The van der Waals surface area contributed by atoms with E-state index in [-0.39, 0.29) is 12.1 Å². The van der Waals surface area contributed by atoms with Gasteiger partial charge in [0.15, 0.2) is 0 Å². The average Bonchev–Trinajstić information content (AvgIpc) is 2.69. The Bertz CT molecular complexity index is 711. The van der Waals surface area contributed by atoms with Crippen LogP contribution >= 0.6 is 12.6 Å². The van der Waals surface area contributed by atoms with E-state index in [1.54, 1.807) is 5.41 Å². The van der Waals surface area contributed by atoms with Crippen LogP contribution in [-0.4, -0.2) is 49.5 Å². The van der Waals surface area contributed by atoms with E-state index in [1.165, 1.54) is 5.56 Å². The summed E-state index contributed by atoms with van der Waals surface area (Å²) in [7, 11) is 4.00. The Morgan fingerprint density at radius 2 is 1.93 bits per heavy atom. The van der Waals surface area contributed by atoms with Crippen molar-refractivity contribution >= 4 is 19.3 Å². The molecule has 6 heteroatoms. The monoisotopic (exact) mass is 383 g/mol. The number of rotatable bonds is 10. The molecule has 0 saturated carbocycles. The Labute approximate surface area is 168 Å². The molecule has 1 aromatic rings. The van der Waals surface area contributed by atoms with Gasteiger partial charge in [-0.1, -0.05) is 61.2 Å². The Morgan fingerprint density at radius 1 is 1.22 bits per heavy atom. The van der Waals surface area contributed by atoms with Crippen LogP contribution in [0.25, 0.3) is 0 Å². The number of benzene rings is 1. The van der Waals surface area contributed by atoms with Gasteiger partial charge < -0.3 is 10.2 Å². The second kappa shape index (κ2) is 10.8. The van der Waals surface area contributed by atoms with Gasteiger partial charge in [0.25, 0.3) is 0 Å². The Balaban J connectivity index is 1.85. The molecule has 0 aromatic heterocycles. The van der Waals surface area contributed by atoms with Crippen molar-refractivity contribution in [1.82, 2.24) is 20.7 Å². The number of allylic oxidation sites excluding steroid dienone is 2. The summed E-state index contributed by atoms with van der Waals surface area (Å²) in [5.41, 5.74) is 6.41. The predicted octanol–water partition coefficient (Wildman–Crippen LogP) is 2.95. The Morgan fingerprint density at radius 3 is 2.59 bits per heavy atom. The van der Waals surface area contributed by atoms with E-state index in [4.69, 9.17) is 0 Å². The average molecular weight is 384 g/mol. The minimum Gasteiger partial charge on any atom is -0.369 e. The SMILES string of the molecule is C=NC1C=CC=CC1NN(C)CN/C(=C\S)C(=C)N(C)Cc1ccccc1. The summed E-state index contributed by atoms with van der Waals surface area (Å²) in [6, 6.07) is 10.4. The first-order valence-corrected chi connectivity index (χ1v) is 9.37. The molecule has 0 radical (unpaired) electrons. The minimum absolute atomic E-state index is 0.0318. The summed E-state index contributed by atoms with van der Waals surface area (Å²) in [6.45, 7) is 9.24. The summed E-state index contributed by atoms with van der Waals surface area (Å²) >= 11 is 4.34. The van der Waals surface area contributed by atoms with E-state index >= 15 is 0 Å². The maximum Gasteiger partial charge on any atom is 0.0877 e. The molecule has 0 saturated heterocycles. The van der Waals surface area contributed by atoms with Gasteiger partial charge in [-0.05, 0) is 17.7 Å². The lowest BCUT2D eigenvalue weighted by Gasteiger charge is -2.30. The van der Waals surface area contributed by atoms with Gasteiger partial charge in [0.1, 0.15) is 0 Å². The number of thiol groups is 1. The van der Waals surface area contributed by atoms with E-state index in [0.717, 1.165) is 17.9 Å². The fraction of sp³-hybridized carbons (Fsp3) is 0.286. The topological polar surface area (TPSA) is 42.9 Å². The van der Waals surface area contributed by atoms with Crippen molar-refractivity contribution in [3.63, 3.8) is 0 Å². The number of nitrogens with zero attached hydrogens (tertiary/aromatic N) is 3. The molecule has 0 heterocycles. The van der Waals surface area contributed by atoms with E-state index < -0.39 is 0 Å². The summed E-state index contributed by atoms with van der Waals surface area (Å²) in [5.74, 6) is 0. The van der Waals surface area contributed by atoms with Crippen LogP contribution < -0.4 is 10.7 Å². The smallest absolute Gasteiger partial charge is 0.0877 e. The normalized spacial score (nSPS) is 19.2. The second-order valence-corrected chi connectivity index (χ2v) is 6.72. The molecule has 144 valence electrons. The van der Waals surface area contributed by atoms with Crippen molar-refractivity contribution < 1.29 is 0 Å². The maximum absolute atomic E-state index is 4.34. The molecule has 0 fully saturated rings. The van der Waals surface area contributed by atoms with Crippen LogP contribution in [0, 0.1) is 0 Å². The number of hydrogen-bond acceptors (Lipinski definition) is 6. The van der Waals surface area contributed by atoms with Gasteiger partial charge in [0, 0.05) is 20.6 Å².